The fourth-order valence-corrected chi connectivity index (χ4v) is 1.11. The van der Waals surface area contributed by atoms with Gasteiger partial charge >= 0.3 is 5.97 Å². The largest absolute Gasteiger partial charge is 0.425 e. The van der Waals surface area contributed by atoms with Gasteiger partial charge in [0.25, 0.3) is 0 Å². The number of ether oxygens (including phenoxy) is 1. The van der Waals surface area contributed by atoms with Crippen molar-refractivity contribution >= 4 is 29.2 Å². The molecule has 1 rings (SSSR count). The predicted octanol–water partition coefficient (Wildman–Crippen LogP) is 2.87. The van der Waals surface area contributed by atoms with E-state index in [1.165, 1.54) is 0 Å². The van der Waals surface area contributed by atoms with Crippen molar-refractivity contribution in [2.24, 2.45) is 0 Å². The molecule has 0 spiro atoms. The van der Waals surface area contributed by atoms with Crippen molar-refractivity contribution in [1.82, 2.24) is 0 Å². The van der Waals surface area contributed by atoms with Crippen LogP contribution in [0.25, 0.3) is 0 Å². The van der Waals surface area contributed by atoms with Crippen LogP contribution in [0.4, 0.5) is 0 Å². The Morgan fingerprint density at radius 1 is 1.38 bits per heavy atom. The fourth-order valence-electron chi connectivity index (χ4n) is 0.778. The zero-order valence-electron chi connectivity index (χ0n) is 6.80. The molecule has 0 aromatic heterocycles. The number of hydrogen-bond acceptors (Lipinski definition) is 2. The second-order valence-electron chi connectivity index (χ2n) is 2.34. The number of carbonyl (C=O) groups excluding carboxylic acids is 1. The summed E-state index contributed by atoms with van der Waals surface area (Å²) in [5, 5.41) is 0.422. The Hall–Kier alpha value is -0.730. The van der Waals surface area contributed by atoms with E-state index in [0.717, 1.165) is 0 Å². The fraction of sp³-hybridized carbons (Fsp3) is 0.222. The first-order chi connectivity index (χ1) is 6.24. The van der Waals surface area contributed by atoms with Gasteiger partial charge in [-0.15, -0.1) is 11.6 Å². The van der Waals surface area contributed by atoms with Crippen LogP contribution in [0.3, 0.4) is 0 Å². The molecule has 1 aromatic carbocycles. The normalized spacial score (nSPS) is 9.69. The summed E-state index contributed by atoms with van der Waals surface area (Å²) in [6.07, 6.45) is 0.187. The van der Waals surface area contributed by atoms with Crippen LogP contribution in [0.2, 0.25) is 5.02 Å². The Morgan fingerprint density at radius 3 is 2.69 bits per heavy atom. The number of benzene rings is 1. The molecular formula is C9H8Cl2O2. The van der Waals surface area contributed by atoms with Crippen LogP contribution in [0.1, 0.15) is 6.42 Å². The van der Waals surface area contributed by atoms with E-state index in [9.17, 15) is 4.79 Å². The highest BCUT2D eigenvalue weighted by atomic mass is 35.5. The number of para-hydroxylation sites is 1. The number of halogens is 2. The first-order valence-electron chi connectivity index (χ1n) is 3.75. The van der Waals surface area contributed by atoms with Gasteiger partial charge in [0.1, 0.15) is 5.75 Å². The number of hydrogen-bond donors (Lipinski definition) is 0. The van der Waals surface area contributed by atoms with E-state index in [0.29, 0.717) is 10.8 Å². The van der Waals surface area contributed by atoms with E-state index in [1.54, 1.807) is 24.3 Å². The first-order valence-corrected chi connectivity index (χ1v) is 4.66. The van der Waals surface area contributed by atoms with Crippen LogP contribution in [0.15, 0.2) is 24.3 Å². The molecule has 1 aromatic rings. The van der Waals surface area contributed by atoms with Crippen LogP contribution in [-0.4, -0.2) is 11.8 Å². The Kier molecular flexibility index (Phi) is 4.06. The Labute approximate surface area is 86.4 Å². The highest BCUT2D eigenvalue weighted by Crippen LogP contribution is 2.23. The molecule has 0 unspecified atom stereocenters. The van der Waals surface area contributed by atoms with Gasteiger partial charge in [-0.3, -0.25) is 4.79 Å². The topological polar surface area (TPSA) is 26.3 Å². The van der Waals surface area contributed by atoms with Gasteiger partial charge in [0.15, 0.2) is 0 Å². The van der Waals surface area contributed by atoms with E-state index in [2.05, 4.69) is 0 Å². The molecule has 0 aliphatic carbocycles. The lowest BCUT2D eigenvalue weighted by atomic mass is 10.3. The number of alkyl halides is 1. The summed E-state index contributed by atoms with van der Waals surface area (Å²) in [4.78, 5) is 11.0. The third-order valence-corrected chi connectivity index (χ3v) is 1.86. The van der Waals surface area contributed by atoms with Gasteiger partial charge < -0.3 is 4.74 Å². The SMILES string of the molecule is O=C(CCCl)Oc1ccccc1Cl. The summed E-state index contributed by atoms with van der Waals surface area (Å²) in [6, 6.07) is 6.80. The lowest BCUT2D eigenvalue weighted by Gasteiger charge is -2.03. The van der Waals surface area contributed by atoms with Gasteiger partial charge in [-0.25, -0.2) is 0 Å². The van der Waals surface area contributed by atoms with Gasteiger partial charge in [0.05, 0.1) is 11.4 Å². The summed E-state index contributed by atoms with van der Waals surface area (Å²) in [6.45, 7) is 0. The molecule has 0 atom stereocenters. The van der Waals surface area contributed by atoms with Crippen LogP contribution in [0.5, 0.6) is 5.75 Å². The van der Waals surface area contributed by atoms with Gasteiger partial charge in [-0.05, 0) is 12.1 Å². The summed E-state index contributed by atoms with van der Waals surface area (Å²) in [5.41, 5.74) is 0. The van der Waals surface area contributed by atoms with E-state index in [4.69, 9.17) is 27.9 Å². The van der Waals surface area contributed by atoms with Gasteiger partial charge in [0, 0.05) is 5.88 Å². The summed E-state index contributed by atoms with van der Waals surface area (Å²) >= 11 is 11.1. The van der Waals surface area contributed by atoms with Crippen molar-refractivity contribution in [3.8, 4) is 5.75 Å². The lowest BCUT2D eigenvalue weighted by molar-refractivity contribution is -0.133. The van der Waals surface area contributed by atoms with E-state index in [-0.39, 0.29) is 18.3 Å². The second-order valence-corrected chi connectivity index (χ2v) is 3.13. The Bertz CT molecular complexity index is 299. The molecule has 0 radical (unpaired) electrons. The Morgan fingerprint density at radius 2 is 2.08 bits per heavy atom. The van der Waals surface area contributed by atoms with E-state index >= 15 is 0 Å². The molecular weight excluding hydrogens is 211 g/mol. The third kappa shape index (κ3) is 3.25. The maximum atomic E-state index is 11.0. The summed E-state index contributed by atoms with van der Waals surface area (Å²) in [7, 11) is 0. The van der Waals surface area contributed by atoms with Crippen molar-refractivity contribution in [2.45, 2.75) is 6.42 Å². The van der Waals surface area contributed by atoms with E-state index in [1.807, 2.05) is 0 Å². The first kappa shape index (κ1) is 10.4. The average molecular weight is 219 g/mol. The molecule has 13 heavy (non-hydrogen) atoms. The minimum absolute atomic E-state index is 0.187. The standard InChI is InChI=1S/C9H8Cl2O2/c10-6-5-9(12)13-8-4-2-1-3-7(8)11/h1-4H,5-6H2. The van der Waals surface area contributed by atoms with Crippen molar-refractivity contribution in [3.63, 3.8) is 0 Å². The highest BCUT2D eigenvalue weighted by molar-refractivity contribution is 6.32. The van der Waals surface area contributed by atoms with Gasteiger partial charge in [-0.2, -0.15) is 0 Å². The zero-order valence-corrected chi connectivity index (χ0v) is 8.31. The van der Waals surface area contributed by atoms with Gasteiger partial charge in [0.2, 0.25) is 0 Å². The minimum Gasteiger partial charge on any atom is -0.425 e. The van der Waals surface area contributed by atoms with Crippen LogP contribution in [0, 0.1) is 0 Å². The Balaban J connectivity index is 2.63. The summed E-state index contributed by atoms with van der Waals surface area (Å²) < 4.78 is 4.93. The molecule has 0 saturated heterocycles. The quantitative estimate of drug-likeness (QED) is 0.443. The lowest BCUT2D eigenvalue weighted by Crippen LogP contribution is -2.08. The third-order valence-electron chi connectivity index (χ3n) is 1.36. The van der Waals surface area contributed by atoms with Crippen LogP contribution in [-0.2, 0) is 4.79 Å². The molecule has 0 aliphatic rings. The maximum absolute atomic E-state index is 11.0. The monoisotopic (exact) mass is 218 g/mol. The molecule has 0 aliphatic heterocycles. The molecule has 2 nitrogen and oxygen atoms in total. The van der Waals surface area contributed by atoms with E-state index < -0.39 is 0 Å². The number of esters is 1. The highest BCUT2D eigenvalue weighted by Gasteiger charge is 2.05. The average Bonchev–Trinajstić information content (AvgIpc) is 2.09. The van der Waals surface area contributed by atoms with Crippen molar-refractivity contribution in [3.05, 3.63) is 29.3 Å². The molecule has 0 bridgehead atoms. The number of carbonyl (C=O) groups is 1. The molecule has 4 heteroatoms. The molecule has 0 heterocycles. The summed E-state index contributed by atoms with van der Waals surface area (Å²) in [5.74, 6) is 0.255. The molecule has 70 valence electrons. The molecule has 0 N–H and O–H groups in total. The van der Waals surface area contributed by atoms with Crippen LogP contribution >= 0.6 is 23.2 Å². The molecule has 0 fully saturated rings. The van der Waals surface area contributed by atoms with Gasteiger partial charge in [-0.1, -0.05) is 23.7 Å². The second kappa shape index (κ2) is 5.10. The number of rotatable bonds is 3. The molecule has 0 saturated carbocycles. The van der Waals surface area contributed by atoms with Crippen LogP contribution < -0.4 is 4.74 Å². The van der Waals surface area contributed by atoms with Crippen molar-refractivity contribution in [2.75, 3.05) is 5.88 Å². The molecule has 0 amide bonds. The predicted molar refractivity (Wildman–Crippen MR) is 52.4 cm³/mol. The van der Waals surface area contributed by atoms with Crippen molar-refractivity contribution in [1.29, 1.82) is 0 Å². The van der Waals surface area contributed by atoms with Crippen molar-refractivity contribution < 1.29 is 9.53 Å². The zero-order chi connectivity index (χ0) is 9.68. The minimum atomic E-state index is -0.372. The smallest absolute Gasteiger partial charge is 0.312 e. The maximum Gasteiger partial charge on any atom is 0.312 e.